The van der Waals surface area contributed by atoms with Crippen molar-refractivity contribution < 1.29 is 24.5 Å². The van der Waals surface area contributed by atoms with Crippen molar-refractivity contribution in [2.45, 2.75) is 51.4 Å². The van der Waals surface area contributed by atoms with Gasteiger partial charge in [0.25, 0.3) is 0 Å². The van der Waals surface area contributed by atoms with Crippen LogP contribution >= 0.6 is 0 Å². The van der Waals surface area contributed by atoms with Gasteiger partial charge in [0.2, 0.25) is 0 Å². The molecule has 0 amide bonds. The van der Waals surface area contributed by atoms with Crippen molar-refractivity contribution in [3.05, 3.63) is 35.9 Å². The van der Waals surface area contributed by atoms with Crippen LogP contribution in [0.5, 0.6) is 11.5 Å². The van der Waals surface area contributed by atoms with Crippen molar-refractivity contribution in [2.24, 2.45) is 0 Å². The number of carbonyl (C=O) groups excluding carboxylic acids is 1. The molecule has 24 heavy (non-hydrogen) atoms. The Morgan fingerprint density at radius 2 is 1.88 bits per heavy atom. The second kappa shape index (κ2) is 11.3. The number of carboxylic acid groups (broad SMARTS) is 1. The molecule has 0 heterocycles. The Labute approximate surface area is 143 Å². The maximum absolute atomic E-state index is 11.8. The predicted molar refractivity (Wildman–Crippen MR) is 92.5 cm³/mol. The minimum absolute atomic E-state index is 0.0768. The molecule has 0 aromatic heterocycles. The number of phenols is 1. The number of aromatic hydroxyl groups is 1. The van der Waals surface area contributed by atoms with Crippen molar-refractivity contribution in [1.29, 1.82) is 0 Å². The first-order chi connectivity index (χ1) is 11.5. The molecule has 5 heteroatoms. The molecule has 0 aliphatic heterocycles. The van der Waals surface area contributed by atoms with Gasteiger partial charge < -0.3 is 14.9 Å². The first kappa shape index (κ1) is 19.7. The van der Waals surface area contributed by atoms with Gasteiger partial charge in [0.05, 0.1) is 7.11 Å². The molecule has 1 aromatic rings. The number of methoxy groups -OCH3 is 1. The number of aryl methyl sites for hydroxylation is 1. The van der Waals surface area contributed by atoms with Gasteiger partial charge >= 0.3 is 5.97 Å². The lowest BCUT2D eigenvalue weighted by atomic mass is 10.1. The summed E-state index contributed by atoms with van der Waals surface area (Å²) in [5, 5.41) is 18.1. The topological polar surface area (TPSA) is 83.8 Å². The number of hydrogen-bond donors (Lipinski definition) is 2. The minimum atomic E-state index is -0.744. The molecule has 0 fully saturated rings. The molecule has 132 valence electrons. The fourth-order valence-corrected chi connectivity index (χ4v) is 2.34. The Morgan fingerprint density at radius 1 is 1.12 bits per heavy atom. The molecule has 2 N–H and O–H groups in total. The molecule has 0 saturated heterocycles. The SMILES string of the molecule is COc1cc(CCC(=O)C=CCCCCCCC(=O)O)ccc1O. The zero-order valence-electron chi connectivity index (χ0n) is 14.2. The average molecular weight is 334 g/mol. The van der Waals surface area contributed by atoms with Crippen LogP contribution in [-0.4, -0.2) is 29.1 Å². The predicted octanol–water partition coefficient (Wildman–Crippen LogP) is 3.88. The third-order valence-electron chi connectivity index (χ3n) is 3.72. The summed E-state index contributed by atoms with van der Waals surface area (Å²) in [7, 11) is 1.49. The largest absolute Gasteiger partial charge is 0.504 e. The van der Waals surface area contributed by atoms with Crippen LogP contribution in [-0.2, 0) is 16.0 Å². The lowest BCUT2D eigenvalue weighted by Crippen LogP contribution is -1.96. The minimum Gasteiger partial charge on any atom is -0.504 e. The van der Waals surface area contributed by atoms with Crippen molar-refractivity contribution >= 4 is 11.8 Å². The van der Waals surface area contributed by atoms with Crippen LogP contribution in [0.15, 0.2) is 30.4 Å². The van der Waals surface area contributed by atoms with Gasteiger partial charge in [-0.25, -0.2) is 0 Å². The van der Waals surface area contributed by atoms with E-state index in [1.54, 1.807) is 24.3 Å². The second-order valence-electron chi connectivity index (χ2n) is 5.72. The molecule has 0 spiro atoms. The molecule has 0 radical (unpaired) electrons. The molecular formula is C19H26O5. The van der Waals surface area contributed by atoms with Crippen LogP contribution in [0.2, 0.25) is 0 Å². The van der Waals surface area contributed by atoms with E-state index in [1.165, 1.54) is 7.11 Å². The third-order valence-corrected chi connectivity index (χ3v) is 3.72. The molecule has 0 unspecified atom stereocenters. The molecule has 0 saturated carbocycles. The highest BCUT2D eigenvalue weighted by molar-refractivity contribution is 5.89. The number of carboxylic acids is 1. The fourth-order valence-electron chi connectivity index (χ4n) is 2.34. The zero-order chi connectivity index (χ0) is 17.8. The maximum atomic E-state index is 11.8. The lowest BCUT2D eigenvalue weighted by Gasteiger charge is -2.05. The van der Waals surface area contributed by atoms with Crippen molar-refractivity contribution in [3.8, 4) is 11.5 Å². The van der Waals surface area contributed by atoms with Gasteiger partial charge in [-0.05, 0) is 49.5 Å². The summed E-state index contributed by atoms with van der Waals surface area (Å²) in [5.74, 6) is -0.158. The monoisotopic (exact) mass is 334 g/mol. The number of ketones is 1. The third kappa shape index (κ3) is 8.36. The van der Waals surface area contributed by atoms with Gasteiger partial charge in [0, 0.05) is 12.8 Å². The van der Waals surface area contributed by atoms with Crippen LogP contribution in [0.25, 0.3) is 0 Å². The van der Waals surface area contributed by atoms with Crippen molar-refractivity contribution in [1.82, 2.24) is 0 Å². The van der Waals surface area contributed by atoms with Gasteiger partial charge in [-0.2, -0.15) is 0 Å². The molecule has 0 aliphatic carbocycles. The molecular weight excluding hydrogens is 308 g/mol. The summed E-state index contributed by atoms with van der Waals surface area (Å²) in [6.07, 6.45) is 9.19. The Bertz CT molecular complexity index is 563. The van der Waals surface area contributed by atoms with Crippen LogP contribution in [0.3, 0.4) is 0 Å². The molecule has 0 bridgehead atoms. The highest BCUT2D eigenvalue weighted by atomic mass is 16.5. The fraction of sp³-hybridized carbons (Fsp3) is 0.474. The van der Waals surface area contributed by atoms with Crippen LogP contribution in [0.1, 0.15) is 50.5 Å². The Balaban J connectivity index is 2.18. The van der Waals surface area contributed by atoms with E-state index < -0.39 is 5.97 Å². The number of hydrogen-bond acceptors (Lipinski definition) is 4. The normalized spacial score (nSPS) is 10.9. The van der Waals surface area contributed by atoms with Gasteiger partial charge in [0.15, 0.2) is 17.3 Å². The quantitative estimate of drug-likeness (QED) is 0.447. The molecule has 1 rings (SSSR count). The van der Waals surface area contributed by atoms with E-state index in [1.807, 2.05) is 6.08 Å². The summed E-state index contributed by atoms with van der Waals surface area (Å²) >= 11 is 0. The van der Waals surface area contributed by atoms with E-state index in [0.29, 0.717) is 25.0 Å². The van der Waals surface area contributed by atoms with E-state index in [9.17, 15) is 14.7 Å². The van der Waals surface area contributed by atoms with Crippen LogP contribution in [0.4, 0.5) is 0 Å². The Morgan fingerprint density at radius 3 is 2.58 bits per heavy atom. The van der Waals surface area contributed by atoms with Gasteiger partial charge in [-0.1, -0.05) is 25.0 Å². The number of aliphatic carboxylic acids is 1. The standard InChI is InChI=1S/C19H26O5/c1-24-18-14-15(11-13-17(18)21)10-12-16(20)8-6-4-2-3-5-7-9-19(22)23/h6,8,11,13-14,21H,2-5,7,9-10,12H2,1H3,(H,22,23). The van der Waals surface area contributed by atoms with E-state index >= 15 is 0 Å². The average Bonchev–Trinajstić information content (AvgIpc) is 2.56. The highest BCUT2D eigenvalue weighted by Gasteiger charge is 2.04. The number of benzene rings is 1. The number of ether oxygens (including phenoxy) is 1. The summed E-state index contributed by atoms with van der Waals surface area (Å²) in [6.45, 7) is 0. The van der Waals surface area contributed by atoms with Gasteiger partial charge in [-0.15, -0.1) is 0 Å². The Kier molecular flexibility index (Phi) is 9.27. The van der Waals surface area contributed by atoms with Crippen LogP contribution < -0.4 is 4.74 Å². The molecule has 0 atom stereocenters. The summed E-state index contributed by atoms with van der Waals surface area (Å²) < 4.78 is 5.04. The highest BCUT2D eigenvalue weighted by Crippen LogP contribution is 2.26. The smallest absolute Gasteiger partial charge is 0.303 e. The van der Waals surface area contributed by atoms with Gasteiger partial charge in [0.1, 0.15) is 0 Å². The van der Waals surface area contributed by atoms with Crippen molar-refractivity contribution in [2.75, 3.05) is 7.11 Å². The Hall–Kier alpha value is -2.30. The van der Waals surface area contributed by atoms with E-state index in [2.05, 4.69) is 0 Å². The van der Waals surface area contributed by atoms with Gasteiger partial charge in [-0.3, -0.25) is 9.59 Å². The zero-order valence-corrected chi connectivity index (χ0v) is 14.2. The molecule has 5 nitrogen and oxygen atoms in total. The summed E-state index contributed by atoms with van der Waals surface area (Å²) in [5.41, 5.74) is 0.949. The van der Waals surface area contributed by atoms with E-state index in [4.69, 9.17) is 9.84 Å². The van der Waals surface area contributed by atoms with E-state index in [0.717, 1.165) is 31.2 Å². The first-order valence-corrected chi connectivity index (χ1v) is 8.30. The second-order valence-corrected chi connectivity index (χ2v) is 5.72. The van der Waals surface area contributed by atoms with Crippen LogP contribution in [0, 0.1) is 0 Å². The van der Waals surface area contributed by atoms with E-state index in [-0.39, 0.29) is 18.0 Å². The maximum Gasteiger partial charge on any atom is 0.303 e. The number of unbranched alkanes of at least 4 members (excludes halogenated alkanes) is 4. The number of rotatable bonds is 12. The molecule has 0 aliphatic rings. The molecule has 1 aromatic carbocycles. The number of phenolic OH excluding ortho intramolecular Hbond substituents is 1. The van der Waals surface area contributed by atoms with Crippen molar-refractivity contribution in [3.63, 3.8) is 0 Å². The summed E-state index contributed by atoms with van der Waals surface area (Å²) in [4.78, 5) is 22.2. The summed E-state index contributed by atoms with van der Waals surface area (Å²) in [6, 6.07) is 5.09. The first-order valence-electron chi connectivity index (χ1n) is 8.30. The number of allylic oxidation sites excluding steroid dienone is 2. The lowest BCUT2D eigenvalue weighted by molar-refractivity contribution is -0.137. The number of carbonyl (C=O) groups is 2.